The fourth-order valence-electron chi connectivity index (χ4n) is 3.68. The van der Waals surface area contributed by atoms with Gasteiger partial charge in [-0.2, -0.15) is 0 Å². The van der Waals surface area contributed by atoms with Crippen LogP contribution < -0.4 is 5.73 Å². The lowest BCUT2D eigenvalue weighted by Gasteiger charge is -2.41. The molecule has 2 heterocycles. The topological polar surface area (TPSA) is 92.4 Å². The number of nitrogen functional groups attached to an aromatic ring is 1. The van der Waals surface area contributed by atoms with Gasteiger partial charge in [0.15, 0.2) is 5.82 Å². The van der Waals surface area contributed by atoms with Gasteiger partial charge in [0.2, 0.25) is 11.8 Å². The first-order valence-corrected chi connectivity index (χ1v) is 9.95. The van der Waals surface area contributed by atoms with Crippen LogP contribution in [0.2, 0.25) is 5.02 Å². The van der Waals surface area contributed by atoms with Crippen molar-refractivity contribution < 1.29 is 9.59 Å². The van der Waals surface area contributed by atoms with Crippen LogP contribution >= 0.6 is 11.6 Å². The van der Waals surface area contributed by atoms with Crippen LogP contribution in [0.4, 0.5) is 5.82 Å². The van der Waals surface area contributed by atoms with Crippen molar-refractivity contribution in [3.63, 3.8) is 0 Å². The minimum atomic E-state index is -0.324. The van der Waals surface area contributed by atoms with Crippen LogP contribution in [0.25, 0.3) is 11.4 Å². The van der Waals surface area contributed by atoms with Crippen molar-refractivity contribution in [2.24, 2.45) is 5.92 Å². The molecule has 0 bridgehead atoms. The first-order chi connectivity index (χ1) is 14.0. The summed E-state index contributed by atoms with van der Waals surface area (Å²) in [5.74, 6) is 0.946. The molecule has 150 valence electrons. The van der Waals surface area contributed by atoms with Gasteiger partial charge in [-0.15, -0.1) is 0 Å². The summed E-state index contributed by atoms with van der Waals surface area (Å²) in [5.41, 5.74) is 7.31. The Hall–Kier alpha value is -2.93. The quantitative estimate of drug-likeness (QED) is 0.781. The number of halogens is 1. The van der Waals surface area contributed by atoms with Gasteiger partial charge in [-0.1, -0.05) is 18.2 Å². The number of hydrogen-bond acceptors (Lipinski definition) is 5. The van der Waals surface area contributed by atoms with Gasteiger partial charge in [0, 0.05) is 42.3 Å². The summed E-state index contributed by atoms with van der Waals surface area (Å²) in [7, 11) is 0. The van der Waals surface area contributed by atoms with E-state index in [1.165, 1.54) is 6.08 Å². The SMILES string of the molecule is C=CC(=O)N1CCN(C(=O)C2CC2)C[C@H]1c1cc(Cl)cc(-c2nccc(N)n2)c1. The number of aromatic nitrogens is 2. The number of hydrogen-bond donors (Lipinski definition) is 1. The van der Waals surface area contributed by atoms with Gasteiger partial charge < -0.3 is 15.5 Å². The number of anilines is 1. The van der Waals surface area contributed by atoms with E-state index in [0.29, 0.717) is 41.9 Å². The molecule has 4 rings (SSSR count). The van der Waals surface area contributed by atoms with E-state index >= 15 is 0 Å². The highest BCUT2D eigenvalue weighted by Gasteiger charge is 2.38. The molecular formula is C21H22ClN5O2. The van der Waals surface area contributed by atoms with E-state index in [1.54, 1.807) is 23.2 Å². The predicted molar refractivity (Wildman–Crippen MR) is 111 cm³/mol. The molecule has 1 atom stereocenters. The number of nitrogens with zero attached hydrogens (tertiary/aromatic N) is 4. The van der Waals surface area contributed by atoms with Crippen molar-refractivity contribution in [1.29, 1.82) is 0 Å². The zero-order valence-electron chi connectivity index (χ0n) is 15.9. The molecule has 2 aromatic rings. The zero-order chi connectivity index (χ0) is 20.5. The van der Waals surface area contributed by atoms with E-state index in [2.05, 4.69) is 16.5 Å². The van der Waals surface area contributed by atoms with E-state index in [-0.39, 0.29) is 23.8 Å². The second-order valence-corrected chi connectivity index (χ2v) is 7.82. The van der Waals surface area contributed by atoms with Crippen LogP contribution in [0.3, 0.4) is 0 Å². The molecule has 1 aromatic heterocycles. The Morgan fingerprint density at radius 3 is 2.72 bits per heavy atom. The third-order valence-electron chi connectivity index (χ3n) is 5.32. The van der Waals surface area contributed by atoms with Gasteiger partial charge in [-0.25, -0.2) is 9.97 Å². The zero-order valence-corrected chi connectivity index (χ0v) is 16.7. The summed E-state index contributed by atoms with van der Waals surface area (Å²) in [6, 6.07) is 6.77. The molecule has 2 N–H and O–H groups in total. The van der Waals surface area contributed by atoms with Crippen LogP contribution in [-0.4, -0.2) is 51.2 Å². The lowest BCUT2D eigenvalue weighted by molar-refractivity contribution is -0.141. The molecule has 1 aromatic carbocycles. The summed E-state index contributed by atoms with van der Waals surface area (Å²) in [6.45, 7) is 5.01. The summed E-state index contributed by atoms with van der Waals surface area (Å²) in [4.78, 5) is 37.2. The molecule has 1 aliphatic heterocycles. The van der Waals surface area contributed by atoms with Crippen molar-refractivity contribution in [1.82, 2.24) is 19.8 Å². The van der Waals surface area contributed by atoms with Gasteiger partial charge in [0.25, 0.3) is 0 Å². The fraction of sp³-hybridized carbons (Fsp3) is 0.333. The normalized spacial score (nSPS) is 19.1. The van der Waals surface area contributed by atoms with Crippen molar-refractivity contribution in [2.45, 2.75) is 18.9 Å². The van der Waals surface area contributed by atoms with Crippen molar-refractivity contribution in [3.05, 3.63) is 53.7 Å². The highest BCUT2D eigenvalue weighted by molar-refractivity contribution is 6.31. The molecule has 1 saturated carbocycles. The summed E-state index contributed by atoms with van der Waals surface area (Å²) in [6.07, 6.45) is 4.78. The van der Waals surface area contributed by atoms with Gasteiger partial charge >= 0.3 is 0 Å². The van der Waals surface area contributed by atoms with Crippen molar-refractivity contribution in [2.75, 3.05) is 25.4 Å². The minimum absolute atomic E-state index is 0.132. The third kappa shape index (κ3) is 4.10. The lowest BCUT2D eigenvalue weighted by Crippen LogP contribution is -2.52. The van der Waals surface area contributed by atoms with Crippen LogP contribution in [-0.2, 0) is 9.59 Å². The average molecular weight is 412 g/mol. The van der Waals surface area contributed by atoms with Crippen LogP contribution in [0, 0.1) is 5.92 Å². The third-order valence-corrected chi connectivity index (χ3v) is 5.53. The number of amides is 2. The van der Waals surface area contributed by atoms with Gasteiger partial charge in [-0.05, 0) is 48.7 Å². The number of nitrogens with two attached hydrogens (primary N) is 1. The summed E-state index contributed by atoms with van der Waals surface area (Å²) < 4.78 is 0. The maximum atomic E-state index is 12.6. The first-order valence-electron chi connectivity index (χ1n) is 9.57. The van der Waals surface area contributed by atoms with Crippen LogP contribution in [0.15, 0.2) is 43.1 Å². The summed E-state index contributed by atoms with van der Waals surface area (Å²) >= 11 is 6.39. The molecule has 0 spiro atoms. The van der Waals surface area contributed by atoms with Gasteiger partial charge in [0.1, 0.15) is 5.82 Å². The molecule has 7 nitrogen and oxygen atoms in total. The lowest BCUT2D eigenvalue weighted by atomic mass is 9.99. The number of piperazine rings is 1. The first kappa shape index (κ1) is 19.4. The largest absolute Gasteiger partial charge is 0.384 e. The average Bonchev–Trinajstić information content (AvgIpc) is 3.57. The van der Waals surface area contributed by atoms with Gasteiger partial charge in [0.05, 0.1) is 6.04 Å². The molecule has 1 aliphatic carbocycles. The maximum Gasteiger partial charge on any atom is 0.246 e. The molecule has 2 aliphatic rings. The van der Waals surface area contributed by atoms with E-state index < -0.39 is 0 Å². The summed E-state index contributed by atoms with van der Waals surface area (Å²) in [5, 5.41) is 0.500. The Balaban J connectivity index is 1.70. The Morgan fingerprint density at radius 1 is 1.24 bits per heavy atom. The molecule has 8 heteroatoms. The van der Waals surface area contributed by atoms with Gasteiger partial charge in [-0.3, -0.25) is 9.59 Å². The predicted octanol–water partition coefficient (Wildman–Crippen LogP) is 2.69. The van der Waals surface area contributed by atoms with Crippen LogP contribution in [0.5, 0.6) is 0 Å². The standard InChI is InChI=1S/C21H22ClN5O2/c1-2-19(28)27-8-7-26(21(29)13-3-4-13)12-17(27)14-9-15(11-16(22)10-14)20-24-6-5-18(23)25-20/h2,5-6,9-11,13,17H,1,3-4,7-8,12H2,(H2,23,24,25)/t17-/m0/s1. The second kappa shape index (κ2) is 7.83. The number of rotatable bonds is 4. The highest BCUT2D eigenvalue weighted by atomic mass is 35.5. The maximum absolute atomic E-state index is 12.6. The molecule has 2 amide bonds. The Bertz CT molecular complexity index is 975. The van der Waals surface area contributed by atoms with Crippen molar-refractivity contribution >= 4 is 29.2 Å². The Morgan fingerprint density at radius 2 is 2.03 bits per heavy atom. The smallest absolute Gasteiger partial charge is 0.246 e. The molecule has 2 fully saturated rings. The minimum Gasteiger partial charge on any atom is -0.384 e. The highest BCUT2D eigenvalue weighted by Crippen LogP contribution is 2.35. The monoisotopic (exact) mass is 411 g/mol. The number of carbonyl (C=O) groups is 2. The molecule has 29 heavy (non-hydrogen) atoms. The van der Waals surface area contributed by atoms with E-state index in [9.17, 15) is 9.59 Å². The molecule has 1 saturated heterocycles. The fourth-order valence-corrected chi connectivity index (χ4v) is 3.93. The Kier molecular flexibility index (Phi) is 5.24. The molecular weight excluding hydrogens is 390 g/mol. The van der Waals surface area contributed by atoms with E-state index in [1.807, 2.05) is 17.0 Å². The van der Waals surface area contributed by atoms with E-state index in [0.717, 1.165) is 18.4 Å². The number of benzene rings is 1. The van der Waals surface area contributed by atoms with E-state index in [4.69, 9.17) is 17.3 Å². The van der Waals surface area contributed by atoms with Crippen molar-refractivity contribution in [3.8, 4) is 11.4 Å². The molecule has 0 radical (unpaired) electrons. The second-order valence-electron chi connectivity index (χ2n) is 7.39. The number of carbonyl (C=O) groups excluding carboxylic acids is 2. The Labute approximate surface area is 174 Å². The molecule has 0 unspecified atom stereocenters. The van der Waals surface area contributed by atoms with Crippen LogP contribution in [0.1, 0.15) is 24.4 Å².